The Labute approximate surface area is 349 Å². The number of esters is 1. The third-order valence-electron chi connectivity index (χ3n) is 15.5. The molecular weight excluding hydrogens is 721 g/mol. The van der Waals surface area contributed by atoms with Gasteiger partial charge in [0.2, 0.25) is 0 Å². The lowest BCUT2D eigenvalue weighted by Crippen LogP contribution is -2.65. The minimum absolute atomic E-state index is 0.0375. The summed E-state index contributed by atoms with van der Waals surface area (Å²) in [5.74, 6) is 1.98. The van der Waals surface area contributed by atoms with Crippen molar-refractivity contribution in [3.05, 3.63) is 119 Å². The normalized spacial score (nSPS) is 32.0. The topological polar surface area (TPSA) is 74.2 Å². The molecular formula is C52H70O6. The maximum atomic E-state index is 12.0. The van der Waals surface area contributed by atoms with Crippen molar-refractivity contribution in [2.45, 2.75) is 137 Å². The molecule has 12 atom stereocenters. The third kappa shape index (κ3) is 9.36. The van der Waals surface area contributed by atoms with E-state index in [1.807, 2.05) is 0 Å². The quantitative estimate of drug-likeness (QED) is 0.108. The number of ether oxygens (including phenoxy) is 4. The minimum Gasteiger partial charge on any atom is -0.466 e. The summed E-state index contributed by atoms with van der Waals surface area (Å²) in [7, 11) is 0. The number of aliphatic hydroxyl groups excluding tert-OH is 1. The van der Waals surface area contributed by atoms with Gasteiger partial charge in [0.25, 0.3) is 0 Å². The van der Waals surface area contributed by atoms with Crippen LogP contribution in [-0.4, -0.2) is 42.1 Å². The second-order valence-electron chi connectivity index (χ2n) is 19.2. The second kappa shape index (κ2) is 19.0. The summed E-state index contributed by atoms with van der Waals surface area (Å²) in [5, 5.41) is 12.0. The zero-order valence-corrected chi connectivity index (χ0v) is 36.1. The van der Waals surface area contributed by atoms with Gasteiger partial charge in [0.15, 0.2) is 0 Å². The van der Waals surface area contributed by atoms with E-state index < -0.39 is 6.10 Å². The van der Waals surface area contributed by atoms with Gasteiger partial charge in [-0.25, -0.2) is 0 Å². The lowest BCUT2D eigenvalue weighted by Gasteiger charge is -2.65. The molecule has 8 unspecified atom stereocenters. The Morgan fingerprint density at radius 3 is 1.88 bits per heavy atom. The molecule has 0 aromatic heterocycles. The van der Waals surface area contributed by atoms with Crippen LogP contribution in [0.5, 0.6) is 0 Å². The Morgan fingerprint density at radius 1 is 0.741 bits per heavy atom. The summed E-state index contributed by atoms with van der Waals surface area (Å²) in [5.41, 5.74) is 5.08. The molecule has 0 spiro atoms. The molecule has 0 aliphatic heterocycles. The van der Waals surface area contributed by atoms with E-state index in [4.69, 9.17) is 18.9 Å². The molecule has 0 heterocycles. The van der Waals surface area contributed by atoms with E-state index in [-0.39, 0.29) is 46.9 Å². The second-order valence-corrected chi connectivity index (χ2v) is 19.2. The minimum atomic E-state index is -0.462. The molecule has 314 valence electrons. The molecule has 58 heavy (non-hydrogen) atoms. The predicted octanol–water partition coefficient (Wildman–Crippen LogP) is 11.2. The van der Waals surface area contributed by atoms with Crippen LogP contribution in [0.2, 0.25) is 0 Å². The van der Waals surface area contributed by atoms with Crippen LogP contribution in [0.4, 0.5) is 0 Å². The van der Waals surface area contributed by atoms with Crippen LogP contribution in [-0.2, 0) is 43.6 Å². The van der Waals surface area contributed by atoms with Gasteiger partial charge in [-0.05, 0) is 114 Å². The Morgan fingerprint density at radius 2 is 1.31 bits per heavy atom. The van der Waals surface area contributed by atoms with Crippen LogP contribution in [0.3, 0.4) is 0 Å². The Balaban J connectivity index is 1.18. The first-order chi connectivity index (χ1) is 28.0. The van der Waals surface area contributed by atoms with Crippen LogP contribution in [0.15, 0.2) is 103 Å². The zero-order chi connectivity index (χ0) is 40.9. The first-order valence-corrected chi connectivity index (χ1v) is 22.5. The van der Waals surface area contributed by atoms with E-state index >= 15 is 0 Å². The number of allylic oxidation sites excluding steroid dienone is 1. The lowest BCUT2D eigenvalue weighted by molar-refractivity contribution is -0.252. The lowest BCUT2D eigenvalue weighted by atomic mass is 9.43. The predicted molar refractivity (Wildman–Crippen MR) is 230 cm³/mol. The molecule has 6 nitrogen and oxygen atoms in total. The summed E-state index contributed by atoms with van der Waals surface area (Å²) < 4.78 is 26.7. The molecule has 3 saturated carbocycles. The van der Waals surface area contributed by atoms with Crippen LogP contribution in [0.1, 0.15) is 110 Å². The molecule has 1 N–H and O–H groups in total. The van der Waals surface area contributed by atoms with Crippen molar-refractivity contribution in [1.82, 2.24) is 0 Å². The van der Waals surface area contributed by atoms with Crippen LogP contribution >= 0.6 is 0 Å². The smallest absolute Gasteiger partial charge is 0.302 e. The molecule has 4 aliphatic carbocycles. The number of fused-ring (bicyclic) bond motifs is 5. The maximum absolute atomic E-state index is 12.0. The first-order valence-electron chi connectivity index (χ1n) is 22.5. The van der Waals surface area contributed by atoms with Crippen molar-refractivity contribution >= 4 is 5.97 Å². The van der Waals surface area contributed by atoms with E-state index in [9.17, 15) is 9.90 Å². The fourth-order valence-electron chi connectivity index (χ4n) is 12.2. The van der Waals surface area contributed by atoms with Crippen LogP contribution in [0.25, 0.3) is 0 Å². The van der Waals surface area contributed by atoms with Crippen molar-refractivity contribution in [2.75, 3.05) is 6.61 Å². The fourth-order valence-corrected chi connectivity index (χ4v) is 12.2. The van der Waals surface area contributed by atoms with Gasteiger partial charge in [0, 0.05) is 12.8 Å². The van der Waals surface area contributed by atoms with Gasteiger partial charge in [-0.1, -0.05) is 137 Å². The summed E-state index contributed by atoms with van der Waals surface area (Å²) in [6.07, 6.45) is 9.97. The van der Waals surface area contributed by atoms with E-state index in [2.05, 4.69) is 132 Å². The number of aliphatic hydroxyl groups is 1. The molecule has 3 fully saturated rings. The summed E-state index contributed by atoms with van der Waals surface area (Å²) in [4.78, 5) is 11.5. The third-order valence-corrected chi connectivity index (χ3v) is 15.5. The highest BCUT2D eigenvalue weighted by atomic mass is 16.5. The van der Waals surface area contributed by atoms with Crippen molar-refractivity contribution in [2.24, 2.45) is 52.3 Å². The summed E-state index contributed by atoms with van der Waals surface area (Å²) in [6.45, 7) is 15.4. The number of hydrogen-bond donors (Lipinski definition) is 1. The van der Waals surface area contributed by atoms with Crippen molar-refractivity contribution in [1.29, 1.82) is 0 Å². The highest BCUT2D eigenvalue weighted by molar-refractivity contribution is 5.65. The number of benzene rings is 3. The molecule has 0 radical (unpaired) electrons. The maximum Gasteiger partial charge on any atom is 0.302 e. The van der Waals surface area contributed by atoms with Crippen molar-refractivity contribution in [3.63, 3.8) is 0 Å². The molecule has 4 aliphatic rings. The van der Waals surface area contributed by atoms with Gasteiger partial charge in [0.1, 0.15) is 0 Å². The van der Waals surface area contributed by atoms with Crippen LogP contribution < -0.4 is 0 Å². The Hall–Kier alpha value is -3.29. The first kappa shape index (κ1) is 42.8. The monoisotopic (exact) mass is 791 g/mol. The number of hydrogen-bond acceptors (Lipinski definition) is 6. The highest BCUT2D eigenvalue weighted by Gasteiger charge is 2.65. The molecule has 0 saturated heterocycles. The molecule has 3 aromatic rings. The van der Waals surface area contributed by atoms with E-state index in [0.29, 0.717) is 62.4 Å². The average molecular weight is 791 g/mol. The molecule has 3 aromatic carbocycles. The van der Waals surface area contributed by atoms with Gasteiger partial charge >= 0.3 is 5.97 Å². The Kier molecular flexibility index (Phi) is 14.0. The van der Waals surface area contributed by atoms with Crippen molar-refractivity contribution < 1.29 is 28.8 Å². The molecule has 6 heteroatoms. The largest absolute Gasteiger partial charge is 0.466 e. The number of carbonyl (C=O) groups is 1. The van der Waals surface area contributed by atoms with Gasteiger partial charge in [-0.15, -0.1) is 0 Å². The molecule has 7 rings (SSSR count). The summed E-state index contributed by atoms with van der Waals surface area (Å²) >= 11 is 0. The Bertz CT molecular complexity index is 1780. The standard InChI is InChI=1S/C52H70O6/c1-35(2)41(26-29-55-37(4)53)30-47(54)36(3)43-22-23-44-48-45(25-28-51(43,44)5)52(6)27-24-42(56-32-38-16-10-7-11-17-38)31-46(52)49(57-33-39-18-12-8-13-19-39)50(48)58-34-40-20-14-9-15-21-40/h7-22,35-36,41-42,44-50,54H,23-34H2,1-6H3/t36?,41?,42-,44?,45?,46?,47?,48?,49-,50?,51-,52-/m1/s1. The van der Waals surface area contributed by atoms with Crippen LogP contribution in [0, 0.1) is 52.3 Å². The number of carbonyl (C=O) groups excluding carboxylic acids is 1. The molecule has 0 amide bonds. The van der Waals surface area contributed by atoms with E-state index in [1.165, 1.54) is 29.2 Å². The highest BCUT2D eigenvalue weighted by Crippen LogP contribution is 2.68. The fraction of sp³-hybridized carbons (Fsp3) is 0.596. The van der Waals surface area contributed by atoms with Crippen molar-refractivity contribution in [3.8, 4) is 0 Å². The van der Waals surface area contributed by atoms with Gasteiger partial charge < -0.3 is 24.1 Å². The van der Waals surface area contributed by atoms with Gasteiger partial charge in [0.05, 0.1) is 50.8 Å². The van der Waals surface area contributed by atoms with E-state index in [0.717, 1.165) is 44.9 Å². The van der Waals surface area contributed by atoms with Gasteiger partial charge in [-0.2, -0.15) is 0 Å². The SMILES string of the molecule is CC(=O)OCCC(CC(O)C(C)C1=CCC2C3C(OCc4ccccc4)[C@H](OCc4ccccc4)C4C[C@H](OCc5ccccc5)CC[C@]4(C)C3CC[C@]12C)C(C)C. The zero-order valence-electron chi connectivity index (χ0n) is 36.1. The average Bonchev–Trinajstić information content (AvgIpc) is 3.58. The van der Waals surface area contributed by atoms with E-state index in [1.54, 1.807) is 0 Å². The summed E-state index contributed by atoms with van der Waals surface area (Å²) in [6, 6.07) is 31.9. The molecule has 0 bridgehead atoms. The van der Waals surface area contributed by atoms with Gasteiger partial charge in [-0.3, -0.25) is 4.79 Å². The number of rotatable bonds is 17.